The Morgan fingerprint density at radius 1 is 1.09 bits per heavy atom. The maximum absolute atomic E-state index is 12.8. The van der Waals surface area contributed by atoms with E-state index < -0.39 is 23.9 Å². The average molecular weight is 481 g/mol. The fourth-order valence-electron chi connectivity index (χ4n) is 4.80. The van der Waals surface area contributed by atoms with Crippen molar-refractivity contribution in [3.63, 3.8) is 0 Å². The van der Waals surface area contributed by atoms with Gasteiger partial charge in [0.1, 0.15) is 11.8 Å². The van der Waals surface area contributed by atoms with E-state index in [2.05, 4.69) is 30.3 Å². The number of carbonyl (C=O) groups is 3. The molecule has 35 heavy (non-hydrogen) atoms. The van der Waals surface area contributed by atoms with Gasteiger partial charge in [-0.05, 0) is 80.7 Å². The number of nitrogens with one attached hydrogen (secondary N) is 1. The number of benzene rings is 2. The quantitative estimate of drug-likeness (QED) is 0.426. The van der Waals surface area contributed by atoms with E-state index in [1.165, 1.54) is 42.7 Å². The molecule has 2 aromatic carbocycles. The molecule has 1 heterocycles. The van der Waals surface area contributed by atoms with Crippen molar-refractivity contribution in [3.8, 4) is 5.75 Å². The molecule has 2 unspecified atom stereocenters. The Bertz CT molecular complexity index is 1050. The number of carbonyl (C=O) groups excluding carboxylic acids is 2. The molecule has 0 bridgehead atoms. The summed E-state index contributed by atoms with van der Waals surface area (Å²) >= 11 is 0. The van der Waals surface area contributed by atoms with E-state index in [0.717, 1.165) is 25.9 Å². The fraction of sp³-hybridized carbons (Fsp3) is 0.464. The van der Waals surface area contributed by atoms with E-state index in [9.17, 15) is 19.5 Å². The number of amides is 1. The molecular weight excluding hydrogens is 444 g/mol. The number of likely N-dealkylation sites (tertiary alicyclic amines) is 1. The SMILES string of the molecule is CCC1(c2cccc(OC(=O)c3ccc(C(=O)NC(C(=O)O)C(C)C)cc3)c2)CCCCN(C)C1. The molecule has 2 aromatic rings. The summed E-state index contributed by atoms with van der Waals surface area (Å²) in [6, 6.07) is 12.8. The Labute approximate surface area is 207 Å². The number of ether oxygens (including phenoxy) is 1. The van der Waals surface area contributed by atoms with Gasteiger partial charge in [0.15, 0.2) is 0 Å². The van der Waals surface area contributed by atoms with Crippen molar-refractivity contribution in [3.05, 3.63) is 65.2 Å². The summed E-state index contributed by atoms with van der Waals surface area (Å²) in [6.45, 7) is 7.74. The van der Waals surface area contributed by atoms with E-state index in [-0.39, 0.29) is 16.9 Å². The molecule has 0 radical (unpaired) electrons. The topological polar surface area (TPSA) is 95.9 Å². The number of nitrogens with zero attached hydrogens (tertiary/aromatic N) is 1. The van der Waals surface area contributed by atoms with Gasteiger partial charge in [-0.15, -0.1) is 0 Å². The van der Waals surface area contributed by atoms with E-state index in [4.69, 9.17) is 4.74 Å². The molecule has 0 spiro atoms. The summed E-state index contributed by atoms with van der Waals surface area (Å²) in [5, 5.41) is 11.8. The van der Waals surface area contributed by atoms with Crippen molar-refractivity contribution in [2.75, 3.05) is 20.1 Å². The second kappa shape index (κ2) is 11.5. The second-order valence-corrected chi connectivity index (χ2v) is 9.86. The van der Waals surface area contributed by atoms with Gasteiger partial charge >= 0.3 is 11.9 Å². The lowest BCUT2D eigenvalue weighted by atomic mass is 9.74. The largest absolute Gasteiger partial charge is 0.480 e. The molecule has 1 fully saturated rings. The molecule has 188 valence electrons. The van der Waals surface area contributed by atoms with Gasteiger partial charge in [-0.1, -0.05) is 39.3 Å². The van der Waals surface area contributed by atoms with Crippen LogP contribution in [0.3, 0.4) is 0 Å². The highest BCUT2D eigenvalue weighted by Gasteiger charge is 2.33. The van der Waals surface area contributed by atoms with Crippen LogP contribution in [0.1, 0.15) is 72.7 Å². The first-order valence-electron chi connectivity index (χ1n) is 12.3. The van der Waals surface area contributed by atoms with Crippen LogP contribution in [0.15, 0.2) is 48.5 Å². The maximum atomic E-state index is 12.8. The Morgan fingerprint density at radius 2 is 1.77 bits per heavy atom. The van der Waals surface area contributed by atoms with Gasteiger partial charge in [-0.2, -0.15) is 0 Å². The third-order valence-corrected chi connectivity index (χ3v) is 6.95. The van der Waals surface area contributed by atoms with Crippen LogP contribution in [0.4, 0.5) is 0 Å². The van der Waals surface area contributed by atoms with Crippen molar-refractivity contribution in [1.29, 1.82) is 0 Å². The lowest BCUT2D eigenvalue weighted by Gasteiger charge is -2.35. The van der Waals surface area contributed by atoms with E-state index >= 15 is 0 Å². The molecule has 1 aliphatic heterocycles. The normalized spacial score (nSPS) is 19.6. The zero-order valence-electron chi connectivity index (χ0n) is 21.0. The lowest BCUT2D eigenvalue weighted by Crippen LogP contribution is -2.44. The minimum Gasteiger partial charge on any atom is -0.480 e. The molecular formula is C28H36N2O5. The zero-order chi connectivity index (χ0) is 25.6. The number of esters is 1. The smallest absolute Gasteiger partial charge is 0.343 e. The predicted octanol–water partition coefficient (Wildman–Crippen LogP) is 4.51. The van der Waals surface area contributed by atoms with Crippen LogP contribution in [-0.4, -0.2) is 54.0 Å². The molecule has 0 aliphatic carbocycles. The molecule has 0 saturated carbocycles. The molecule has 1 amide bonds. The van der Waals surface area contributed by atoms with Crippen LogP contribution in [0.5, 0.6) is 5.75 Å². The van der Waals surface area contributed by atoms with Gasteiger partial charge in [-0.3, -0.25) is 4.79 Å². The number of carboxylic acids is 1. The fourth-order valence-corrected chi connectivity index (χ4v) is 4.80. The summed E-state index contributed by atoms with van der Waals surface area (Å²) in [5.74, 6) is -1.86. The second-order valence-electron chi connectivity index (χ2n) is 9.86. The van der Waals surface area contributed by atoms with Crippen molar-refractivity contribution in [2.45, 2.75) is 57.9 Å². The lowest BCUT2D eigenvalue weighted by molar-refractivity contribution is -0.140. The first-order valence-corrected chi connectivity index (χ1v) is 12.3. The minimum atomic E-state index is -1.09. The van der Waals surface area contributed by atoms with E-state index in [0.29, 0.717) is 11.3 Å². The average Bonchev–Trinajstić information content (AvgIpc) is 3.04. The van der Waals surface area contributed by atoms with E-state index in [1.807, 2.05) is 12.1 Å². The van der Waals surface area contributed by atoms with Gasteiger partial charge in [0.25, 0.3) is 5.91 Å². The van der Waals surface area contributed by atoms with Crippen LogP contribution in [0, 0.1) is 5.92 Å². The van der Waals surface area contributed by atoms with Gasteiger partial charge in [0.2, 0.25) is 0 Å². The summed E-state index contributed by atoms with van der Waals surface area (Å²) < 4.78 is 5.68. The predicted molar refractivity (Wildman–Crippen MR) is 135 cm³/mol. The number of likely N-dealkylation sites (N-methyl/N-ethyl adjacent to an activating group) is 1. The summed E-state index contributed by atoms with van der Waals surface area (Å²) in [6.07, 6.45) is 4.48. The Kier molecular flexibility index (Phi) is 8.67. The molecule has 2 N–H and O–H groups in total. The highest BCUT2D eigenvalue weighted by atomic mass is 16.5. The number of hydrogen-bond acceptors (Lipinski definition) is 5. The van der Waals surface area contributed by atoms with Crippen molar-refractivity contribution < 1.29 is 24.2 Å². The maximum Gasteiger partial charge on any atom is 0.343 e. The molecule has 1 aliphatic rings. The Morgan fingerprint density at radius 3 is 2.40 bits per heavy atom. The number of hydrogen-bond donors (Lipinski definition) is 2. The molecule has 2 atom stereocenters. The molecule has 7 nitrogen and oxygen atoms in total. The monoisotopic (exact) mass is 480 g/mol. The number of rotatable bonds is 8. The van der Waals surface area contributed by atoms with Crippen LogP contribution < -0.4 is 10.1 Å². The van der Waals surface area contributed by atoms with Crippen molar-refractivity contribution >= 4 is 17.8 Å². The Balaban J connectivity index is 1.71. The van der Waals surface area contributed by atoms with Gasteiger partial charge in [0.05, 0.1) is 5.56 Å². The van der Waals surface area contributed by atoms with Gasteiger partial charge in [-0.25, -0.2) is 9.59 Å². The molecule has 3 rings (SSSR count). The molecule has 0 aromatic heterocycles. The van der Waals surface area contributed by atoms with Crippen LogP contribution in [-0.2, 0) is 10.2 Å². The number of aliphatic carboxylic acids is 1. The zero-order valence-corrected chi connectivity index (χ0v) is 21.0. The number of carboxylic acid groups (broad SMARTS) is 1. The first-order chi connectivity index (χ1) is 16.6. The molecule has 7 heteroatoms. The summed E-state index contributed by atoms with van der Waals surface area (Å²) in [4.78, 5) is 38.9. The summed E-state index contributed by atoms with van der Waals surface area (Å²) in [7, 11) is 2.16. The van der Waals surface area contributed by atoms with Gasteiger partial charge < -0.3 is 20.1 Å². The first kappa shape index (κ1) is 26.4. The van der Waals surface area contributed by atoms with Crippen molar-refractivity contribution in [2.24, 2.45) is 5.92 Å². The standard InChI is InChI=1S/C28H36N2O5/c1-5-28(15-6-7-16-30(4)18-28)22-9-8-10-23(17-22)35-27(34)21-13-11-20(12-14-21)25(31)29-24(19(2)3)26(32)33/h8-14,17,19,24H,5-7,15-16,18H2,1-4H3,(H,29,31)(H,32,33). The minimum absolute atomic E-state index is 0.0342. The van der Waals surface area contributed by atoms with E-state index in [1.54, 1.807) is 19.9 Å². The third kappa shape index (κ3) is 6.48. The van der Waals surface area contributed by atoms with Crippen LogP contribution in [0.2, 0.25) is 0 Å². The van der Waals surface area contributed by atoms with Crippen LogP contribution in [0.25, 0.3) is 0 Å². The third-order valence-electron chi connectivity index (χ3n) is 6.95. The Hall–Kier alpha value is -3.19. The highest BCUT2D eigenvalue weighted by Crippen LogP contribution is 2.37. The molecule has 1 saturated heterocycles. The summed E-state index contributed by atoms with van der Waals surface area (Å²) in [5.41, 5.74) is 1.80. The van der Waals surface area contributed by atoms with Crippen LogP contribution >= 0.6 is 0 Å². The van der Waals surface area contributed by atoms with Crippen molar-refractivity contribution in [1.82, 2.24) is 10.2 Å². The van der Waals surface area contributed by atoms with Gasteiger partial charge in [0, 0.05) is 17.5 Å². The highest BCUT2D eigenvalue weighted by molar-refractivity contribution is 5.98.